The number of methoxy groups -OCH3 is 1. The number of ether oxygens (including phenoxy) is 2. The van der Waals surface area contributed by atoms with Crippen LogP contribution in [0, 0.1) is 5.92 Å². The van der Waals surface area contributed by atoms with Gasteiger partial charge in [-0.25, -0.2) is 0 Å². The number of nitrogens with zero attached hydrogens (tertiary/aromatic N) is 5. The van der Waals surface area contributed by atoms with Gasteiger partial charge in [0, 0.05) is 30.6 Å². The standard InChI is InChI=1S/C27H28N6O4/c1-35-23-6-3-2-5-20(23)21-8-10-25(31-29-21)33-15-12-19(13-16-33)27(34)28-14-18-37-26-11-9-22(30-32-26)24-7-4-17-36-24/h2-11,17,19H,12-16,18H2,1H3,(H,28,34). The van der Waals surface area contributed by atoms with Crippen LogP contribution in [-0.4, -0.2) is 59.7 Å². The van der Waals surface area contributed by atoms with E-state index in [1.165, 1.54) is 0 Å². The van der Waals surface area contributed by atoms with Gasteiger partial charge in [-0.1, -0.05) is 12.1 Å². The minimum absolute atomic E-state index is 0.0376. The van der Waals surface area contributed by atoms with Gasteiger partial charge >= 0.3 is 0 Å². The van der Waals surface area contributed by atoms with E-state index >= 15 is 0 Å². The summed E-state index contributed by atoms with van der Waals surface area (Å²) in [4.78, 5) is 14.8. The molecule has 1 fully saturated rings. The van der Waals surface area contributed by atoms with E-state index in [1.54, 1.807) is 31.6 Å². The zero-order chi connectivity index (χ0) is 25.5. The van der Waals surface area contributed by atoms with E-state index < -0.39 is 0 Å². The SMILES string of the molecule is COc1ccccc1-c1ccc(N2CCC(C(=O)NCCOc3ccc(-c4ccco4)nn3)CC2)nn1. The number of aromatic nitrogens is 4. The van der Waals surface area contributed by atoms with Crippen LogP contribution in [0.3, 0.4) is 0 Å². The second-order valence-electron chi connectivity index (χ2n) is 8.61. The van der Waals surface area contributed by atoms with Crippen molar-refractivity contribution < 1.29 is 18.7 Å². The molecule has 0 spiro atoms. The molecule has 190 valence electrons. The maximum Gasteiger partial charge on any atom is 0.233 e. The van der Waals surface area contributed by atoms with E-state index in [2.05, 4.69) is 30.6 Å². The number of furan rings is 1. The maximum absolute atomic E-state index is 12.6. The van der Waals surface area contributed by atoms with Crippen LogP contribution in [0.4, 0.5) is 5.82 Å². The van der Waals surface area contributed by atoms with Gasteiger partial charge in [0.15, 0.2) is 11.6 Å². The lowest BCUT2D eigenvalue weighted by molar-refractivity contribution is -0.125. The van der Waals surface area contributed by atoms with Crippen molar-refractivity contribution in [2.45, 2.75) is 12.8 Å². The van der Waals surface area contributed by atoms with Crippen molar-refractivity contribution >= 4 is 11.7 Å². The number of carbonyl (C=O) groups excluding carboxylic acids is 1. The molecule has 1 aliphatic rings. The summed E-state index contributed by atoms with van der Waals surface area (Å²) in [7, 11) is 1.64. The Morgan fingerprint density at radius 3 is 2.49 bits per heavy atom. The molecule has 4 aromatic rings. The van der Waals surface area contributed by atoms with Crippen LogP contribution >= 0.6 is 0 Å². The quantitative estimate of drug-likeness (QED) is 0.344. The van der Waals surface area contributed by atoms with Gasteiger partial charge in [-0.05, 0) is 55.3 Å². The van der Waals surface area contributed by atoms with Gasteiger partial charge < -0.3 is 24.1 Å². The number of hydrogen-bond donors (Lipinski definition) is 1. The average molecular weight is 501 g/mol. The second kappa shape index (κ2) is 11.5. The fourth-order valence-electron chi connectivity index (χ4n) is 4.29. The molecule has 0 unspecified atom stereocenters. The van der Waals surface area contributed by atoms with Gasteiger partial charge in [-0.2, -0.15) is 0 Å². The van der Waals surface area contributed by atoms with E-state index in [-0.39, 0.29) is 11.8 Å². The summed E-state index contributed by atoms with van der Waals surface area (Å²) in [6.45, 7) is 2.20. The number of para-hydroxylation sites is 1. The topological polar surface area (TPSA) is 116 Å². The van der Waals surface area contributed by atoms with Crippen LogP contribution in [0.2, 0.25) is 0 Å². The highest BCUT2D eigenvalue weighted by Gasteiger charge is 2.25. The number of hydrogen-bond acceptors (Lipinski definition) is 9. The minimum Gasteiger partial charge on any atom is -0.496 e. The molecule has 5 rings (SSSR count). The fourth-order valence-corrected chi connectivity index (χ4v) is 4.29. The lowest BCUT2D eigenvalue weighted by Crippen LogP contribution is -2.41. The monoisotopic (exact) mass is 500 g/mol. The number of nitrogens with one attached hydrogen (secondary N) is 1. The molecule has 1 aromatic carbocycles. The van der Waals surface area contributed by atoms with Gasteiger partial charge in [0.1, 0.15) is 18.1 Å². The molecule has 0 bridgehead atoms. The summed E-state index contributed by atoms with van der Waals surface area (Å²) in [6.07, 6.45) is 3.09. The predicted octanol–water partition coefficient (Wildman–Crippen LogP) is 3.61. The average Bonchev–Trinajstić information content (AvgIpc) is 3.51. The summed E-state index contributed by atoms with van der Waals surface area (Å²) in [6, 6.07) is 18.8. The normalized spacial score (nSPS) is 13.8. The van der Waals surface area contributed by atoms with E-state index in [9.17, 15) is 4.79 Å². The Bertz CT molecular complexity index is 1290. The zero-order valence-corrected chi connectivity index (χ0v) is 20.5. The van der Waals surface area contributed by atoms with E-state index in [4.69, 9.17) is 13.9 Å². The maximum atomic E-state index is 12.6. The highest BCUT2D eigenvalue weighted by atomic mass is 16.5. The van der Waals surface area contributed by atoms with Crippen molar-refractivity contribution in [3.05, 3.63) is 66.9 Å². The summed E-state index contributed by atoms with van der Waals surface area (Å²) >= 11 is 0. The molecule has 10 heteroatoms. The number of carbonyl (C=O) groups is 1. The molecule has 0 saturated carbocycles. The molecule has 4 heterocycles. The van der Waals surface area contributed by atoms with Crippen molar-refractivity contribution in [1.82, 2.24) is 25.7 Å². The smallest absolute Gasteiger partial charge is 0.233 e. The van der Waals surface area contributed by atoms with Gasteiger partial charge in [0.2, 0.25) is 11.8 Å². The molecule has 10 nitrogen and oxygen atoms in total. The van der Waals surface area contributed by atoms with Gasteiger partial charge in [-0.15, -0.1) is 20.4 Å². The van der Waals surface area contributed by atoms with Gasteiger partial charge in [0.25, 0.3) is 0 Å². The van der Waals surface area contributed by atoms with Gasteiger partial charge in [-0.3, -0.25) is 4.79 Å². The van der Waals surface area contributed by atoms with Crippen molar-refractivity contribution in [2.75, 3.05) is 38.3 Å². The Morgan fingerprint density at radius 2 is 1.78 bits per heavy atom. The van der Waals surface area contributed by atoms with Crippen molar-refractivity contribution in [3.8, 4) is 34.3 Å². The lowest BCUT2D eigenvalue weighted by atomic mass is 9.96. The van der Waals surface area contributed by atoms with Crippen LogP contribution < -0.4 is 19.7 Å². The minimum atomic E-state index is -0.0376. The summed E-state index contributed by atoms with van der Waals surface area (Å²) < 4.78 is 16.3. The van der Waals surface area contributed by atoms with Crippen LogP contribution in [0.1, 0.15) is 12.8 Å². The zero-order valence-electron chi connectivity index (χ0n) is 20.5. The van der Waals surface area contributed by atoms with Crippen LogP contribution in [0.25, 0.3) is 22.7 Å². The Balaban J connectivity index is 1.05. The van der Waals surface area contributed by atoms with Crippen molar-refractivity contribution in [1.29, 1.82) is 0 Å². The van der Waals surface area contributed by atoms with E-state index in [0.717, 1.165) is 48.8 Å². The number of piperidine rings is 1. The molecule has 0 aliphatic carbocycles. The summed E-state index contributed by atoms with van der Waals surface area (Å²) in [5.74, 6) is 2.62. The van der Waals surface area contributed by atoms with Gasteiger partial charge in [0.05, 0.1) is 25.6 Å². The first-order valence-corrected chi connectivity index (χ1v) is 12.2. The van der Waals surface area contributed by atoms with E-state index in [1.807, 2.05) is 42.5 Å². The summed E-state index contributed by atoms with van der Waals surface area (Å²) in [5, 5.41) is 19.9. The summed E-state index contributed by atoms with van der Waals surface area (Å²) in [5.41, 5.74) is 2.30. The van der Waals surface area contributed by atoms with Crippen LogP contribution in [0.15, 0.2) is 71.3 Å². The first-order chi connectivity index (χ1) is 18.2. The number of rotatable bonds is 9. The molecular weight excluding hydrogens is 472 g/mol. The molecule has 1 amide bonds. The molecule has 1 aliphatic heterocycles. The van der Waals surface area contributed by atoms with Crippen molar-refractivity contribution in [2.24, 2.45) is 5.92 Å². The largest absolute Gasteiger partial charge is 0.496 e. The highest BCUT2D eigenvalue weighted by Crippen LogP contribution is 2.29. The Hall–Kier alpha value is -4.47. The first-order valence-electron chi connectivity index (χ1n) is 12.2. The molecule has 0 atom stereocenters. The number of benzene rings is 1. The first kappa shape index (κ1) is 24.2. The van der Waals surface area contributed by atoms with Crippen LogP contribution in [0.5, 0.6) is 11.6 Å². The molecular formula is C27H28N6O4. The molecule has 3 aromatic heterocycles. The Kier molecular flexibility index (Phi) is 7.54. The Labute approximate surface area is 214 Å². The fraction of sp³-hybridized carbons (Fsp3) is 0.296. The molecule has 37 heavy (non-hydrogen) atoms. The third kappa shape index (κ3) is 5.85. The lowest BCUT2D eigenvalue weighted by Gasteiger charge is -2.31. The second-order valence-corrected chi connectivity index (χ2v) is 8.61. The van der Waals surface area contributed by atoms with Crippen molar-refractivity contribution in [3.63, 3.8) is 0 Å². The third-order valence-electron chi connectivity index (χ3n) is 6.29. The van der Waals surface area contributed by atoms with Crippen LogP contribution in [-0.2, 0) is 4.79 Å². The number of anilines is 1. The molecule has 1 N–H and O–H groups in total. The molecule has 0 radical (unpaired) electrons. The highest BCUT2D eigenvalue weighted by molar-refractivity contribution is 5.79. The number of amides is 1. The van der Waals surface area contributed by atoms with E-state index in [0.29, 0.717) is 30.5 Å². The predicted molar refractivity (Wildman–Crippen MR) is 137 cm³/mol. The molecule has 1 saturated heterocycles. The Morgan fingerprint density at radius 1 is 0.973 bits per heavy atom. The third-order valence-corrected chi connectivity index (χ3v) is 6.29.